The number of thioether (sulfide) groups is 2. The van der Waals surface area contributed by atoms with E-state index in [-0.39, 0.29) is 73.7 Å². The monoisotopic (exact) mass is 932 g/mol. The molecule has 59 heavy (non-hydrogen) atoms. The maximum Gasteiger partial charge on any atom is 1.00 e. The van der Waals surface area contributed by atoms with Gasteiger partial charge in [-0.1, -0.05) is 42.1 Å². The summed E-state index contributed by atoms with van der Waals surface area (Å²) in [6.45, 7) is 1.79. The van der Waals surface area contributed by atoms with Crippen LogP contribution in [0.1, 0.15) is 23.1 Å². The molecule has 0 atom stereocenters. The molecular formula is C34H29N4NaO14S6. The van der Waals surface area contributed by atoms with E-state index >= 15 is 0 Å². The number of carboxylic acid groups (broad SMARTS) is 2. The second kappa shape index (κ2) is 18.0. The Morgan fingerprint density at radius 2 is 1.47 bits per heavy atom. The molecule has 306 valence electrons. The minimum Gasteiger partial charge on any atom is -0.748 e. The molecule has 4 aromatic rings. The second-order valence-electron chi connectivity index (χ2n) is 12.7. The number of rotatable bonds is 12. The van der Waals surface area contributed by atoms with Gasteiger partial charge in [0.2, 0.25) is 0 Å². The predicted octanol–water partition coefficient (Wildman–Crippen LogP) is -1.55. The molecule has 0 spiro atoms. The smallest absolute Gasteiger partial charge is 0.748 e. The number of aryl methyl sites for hydroxylation is 2. The summed E-state index contributed by atoms with van der Waals surface area (Å²) < 4.78 is 69.2. The van der Waals surface area contributed by atoms with E-state index in [0.717, 1.165) is 16.0 Å². The summed E-state index contributed by atoms with van der Waals surface area (Å²) in [5.41, 5.74) is 1.11. The molecule has 0 saturated carbocycles. The van der Waals surface area contributed by atoms with Crippen LogP contribution < -0.4 is 54.8 Å². The summed E-state index contributed by atoms with van der Waals surface area (Å²) in [5, 5.41) is 18.4. The number of allylic oxidation sites excluding steroid dienone is 1. The number of amides is 2. The molecule has 18 nitrogen and oxygen atoms in total. The molecule has 0 radical (unpaired) electrons. The standard InChI is InChI=1S/C34H30N4O14S6.Na/c1-17-11-21-22(12-18(17)2)53-23(35(21)9-6-10-57(47,48)49)13-20(19-7-4-3-5-8-19)26-29(43)38(16-58(50,51)52)33(54-26)27-30(44)36(14-24(39)40)32(55-27)28-31(45)37(15-25(41)42)34(46)56-28;/h3-5,7-8,11-13H,6,9-10,14-16H2,1-2H3,(H,39,40)(H,41,42)(H,47,48,49)(H,50,51,52);/q;+1/p-1/b23-13?,26-20?,32-28+,33-27+;. The fourth-order valence-electron chi connectivity index (χ4n) is 5.93. The molecule has 2 amide bonds. The van der Waals surface area contributed by atoms with E-state index in [1.54, 1.807) is 41.3 Å². The van der Waals surface area contributed by atoms with Gasteiger partial charge in [-0.2, -0.15) is 8.42 Å². The van der Waals surface area contributed by atoms with Crippen molar-refractivity contribution >= 4 is 106 Å². The molecule has 6 rings (SSSR count). The van der Waals surface area contributed by atoms with Gasteiger partial charge in [0.05, 0.1) is 20.8 Å². The minimum atomic E-state index is -5.00. The van der Waals surface area contributed by atoms with E-state index in [0.29, 0.717) is 53.0 Å². The van der Waals surface area contributed by atoms with Crippen LogP contribution in [0, 0.1) is 23.0 Å². The quantitative estimate of drug-likeness (QED) is 0.107. The van der Waals surface area contributed by atoms with Gasteiger partial charge in [-0.15, -0.1) is 22.7 Å². The fraction of sp³-hybridized carbons (Fsp3) is 0.235. The van der Waals surface area contributed by atoms with Crippen LogP contribution in [0.2, 0.25) is 0 Å². The number of carbonyl (C=O) groups excluding carboxylic acids is 2. The van der Waals surface area contributed by atoms with E-state index in [1.165, 1.54) is 11.8 Å². The average molecular weight is 933 g/mol. The first-order valence-electron chi connectivity index (χ1n) is 16.6. The van der Waals surface area contributed by atoms with Gasteiger partial charge < -0.3 is 19.7 Å². The van der Waals surface area contributed by atoms with Gasteiger partial charge in [-0.3, -0.25) is 47.4 Å². The number of aromatic nitrogens is 2. The number of fused-ring (bicyclic) bond motifs is 1. The largest absolute Gasteiger partial charge is 1.00 e. The van der Waals surface area contributed by atoms with Crippen LogP contribution in [0.15, 0.2) is 68.1 Å². The van der Waals surface area contributed by atoms with Crippen LogP contribution in [-0.2, 0) is 47.0 Å². The third-order valence-electron chi connectivity index (χ3n) is 8.60. The van der Waals surface area contributed by atoms with Crippen LogP contribution >= 0.6 is 46.2 Å². The normalized spacial score (nSPS) is 17.1. The number of nitrogens with zero attached hydrogens (tertiary/aromatic N) is 4. The van der Waals surface area contributed by atoms with Gasteiger partial charge in [-0.25, -0.2) is 8.42 Å². The molecule has 25 heteroatoms. The van der Waals surface area contributed by atoms with Crippen molar-refractivity contribution < 1.29 is 84.9 Å². The van der Waals surface area contributed by atoms with Crippen molar-refractivity contribution in [1.29, 1.82) is 0 Å². The molecular weight excluding hydrogens is 904 g/mol. The number of imide groups is 1. The molecule has 0 unspecified atom stereocenters. The van der Waals surface area contributed by atoms with E-state index in [4.69, 9.17) is 0 Å². The number of carbonyl (C=O) groups is 4. The van der Waals surface area contributed by atoms with Gasteiger partial charge in [-0.05, 0) is 66.9 Å². The van der Waals surface area contributed by atoms with Crippen molar-refractivity contribution in [3.63, 3.8) is 0 Å². The van der Waals surface area contributed by atoms with Crippen molar-refractivity contribution in [1.82, 2.24) is 14.0 Å². The summed E-state index contributed by atoms with van der Waals surface area (Å²) >= 11 is 2.63. The Kier molecular flexibility index (Phi) is 14.1. The Labute approximate surface area is 372 Å². The average Bonchev–Trinajstić information content (AvgIpc) is 3.80. The van der Waals surface area contributed by atoms with Crippen molar-refractivity contribution in [3.05, 3.63) is 109 Å². The molecule has 3 N–H and O–H groups in total. The molecule has 2 aliphatic heterocycles. The molecule has 2 aromatic heterocycles. The predicted molar refractivity (Wildman–Crippen MR) is 214 cm³/mol. The summed E-state index contributed by atoms with van der Waals surface area (Å²) in [6.07, 6.45) is 1.56. The van der Waals surface area contributed by atoms with Crippen LogP contribution in [0.5, 0.6) is 0 Å². The summed E-state index contributed by atoms with van der Waals surface area (Å²) in [7, 11) is -9.56. The van der Waals surface area contributed by atoms with Crippen molar-refractivity contribution in [2.75, 3.05) is 23.7 Å². The number of thiazole rings is 2. The van der Waals surface area contributed by atoms with E-state index in [9.17, 15) is 64.9 Å². The maximum atomic E-state index is 14.4. The Bertz CT molecular complexity index is 3050. The van der Waals surface area contributed by atoms with E-state index < -0.39 is 88.6 Å². The Morgan fingerprint density at radius 3 is 2.08 bits per heavy atom. The molecule has 2 aromatic carbocycles. The fourth-order valence-corrected chi connectivity index (χ4v) is 11.8. The first kappa shape index (κ1) is 46.2. The van der Waals surface area contributed by atoms with Crippen LogP contribution in [0.4, 0.5) is 10.5 Å². The van der Waals surface area contributed by atoms with Crippen LogP contribution in [-0.4, -0.2) is 92.1 Å². The number of anilines is 1. The third kappa shape index (κ3) is 10.2. The minimum absolute atomic E-state index is 0. The topological polar surface area (TPSA) is 271 Å². The number of carboxylic acids is 2. The van der Waals surface area contributed by atoms with Gasteiger partial charge in [0.25, 0.3) is 32.4 Å². The Morgan fingerprint density at radius 1 is 0.831 bits per heavy atom. The van der Waals surface area contributed by atoms with Crippen molar-refractivity contribution in [2.24, 2.45) is 0 Å². The molecule has 0 bridgehead atoms. The summed E-state index contributed by atoms with van der Waals surface area (Å²) in [5.74, 6) is -6.21. The zero-order valence-electron chi connectivity index (χ0n) is 30.9. The number of aliphatic carboxylic acids is 2. The maximum absolute atomic E-state index is 14.4. The first-order valence-corrected chi connectivity index (χ1v) is 23.0. The summed E-state index contributed by atoms with van der Waals surface area (Å²) in [6, 6.07) is 12.1. The number of benzene rings is 2. The first-order chi connectivity index (χ1) is 27.1. The van der Waals surface area contributed by atoms with E-state index in [2.05, 4.69) is 0 Å². The molecule has 1 fully saturated rings. The molecule has 4 heterocycles. The Balaban J connectivity index is 0.00000661. The Hall–Kier alpha value is -3.82. The number of hydrogen-bond donors (Lipinski definition) is 3. The van der Waals surface area contributed by atoms with Gasteiger partial charge >= 0.3 is 41.5 Å². The second-order valence-corrected chi connectivity index (χ2v) is 19.7. The molecule has 0 aliphatic carbocycles. The van der Waals surface area contributed by atoms with E-state index in [1.807, 2.05) is 26.0 Å². The van der Waals surface area contributed by atoms with Gasteiger partial charge in [0.1, 0.15) is 36.4 Å². The van der Waals surface area contributed by atoms with Crippen LogP contribution in [0.25, 0.3) is 10.5 Å². The van der Waals surface area contributed by atoms with Crippen LogP contribution in [0.3, 0.4) is 0 Å². The van der Waals surface area contributed by atoms with Crippen molar-refractivity contribution in [2.45, 2.75) is 37.6 Å². The zero-order valence-corrected chi connectivity index (χ0v) is 37.8. The summed E-state index contributed by atoms with van der Waals surface area (Å²) in [4.78, 5) is 80.1. The number of hydrogen-bond acceptors (Lipinski definition) is 16. The zero-order chi connectivity index (χ0) is 42.4. The SMILES string of the molecule is Cc1cc2c(cc1C)N(CCCS(=O)(=O)[O-])C(=CC(c1ccccc1)=c1s/c(=c3/s/c(=C4/SC(=O)N(CC(=O)O)C4=O)n(CC(=O)O)c3=O)n(CS(=O)(=O)O)c1=O)S2.[Na+]. The molecule has 2 aliphatic rings. The third-order valence-corrected chi connectivity index (χ3v) is 14.7. The molecule has 1 saturated heterocycles. The van der Waals surface area contributed by atoms with Crippen molar-refractivity contribution in [3.8, 4) is 0 Å². The van der Waals surface area contributed by atoms with Gasteiger partial charge in [0.15, 0.2) is 5.88 Å². The van der Waals surface area contributed by atoms with Gasteiger partial charge in [0, 0.05) is 22.8 Å².